The second kappa shape index (κ2) is 7.27. The molecule has 1 aliphatic heterocycles. The first-order valence-electron chi connectivity index (χ1n) is 8.46. The van der Waals surface area contributed by atoms with Gasteiger partial charge in [-0.2, -0.15) is 0 Å². The fraction of sp³-hybridized carbons (Fsp3) is 0.474. The largest absolute Gasteiger partial charge is 0.464 e. The number of benzene rings is 1. The molecule has 2 aromatic rings. The lowest BCUT2D eigenvalue weighted by molar-refractivity contribution is -0.154. The second-order valence-electron chi connectivity index (χ2n) is 6.55. The van der Waals surface area contributed by atoms with Gasteiger partial charge < -0.3 is 18.8 Å². The zero-order valence-electron chi connectivity index (χ0n) is 14.8. The molecule has 2 heterocycles. The number of esters is 1. The van der Waals surface area contributed by atoms with E-state index in [1.807, 2.05) is 32.9 Å². The lowest BCUT2D eigenvalue weighted by atomic mass is 10.0. The molecule has 3 rings (SSSR count). The Labute approximate surface area is 146 Å². The van der Waals surface area contributed by atoms with Gasteiger partial charge in [-0.25, -0.2) is 0 Å². The number of fused-ring (bicyclic) bond motifs is 1. The minimum Gasteiger partial charge on any atom is -0.464 e. The number of carbonyl (C=O) groups is 2. The van der Waals surface area contributed by atoms with Crippen molar-refractivity contribution in [1.82, 2.24) is 4.90 Å². The second-order valence-corrected chi connectivity index (χ2v) is 6.55. The normalized spacial score (nSPS) is 17.7. The van der Waals surface area contributed by atoms with Crippen LogP contribution in [0.5, 0.6) is 0 Å². The molecular weight excluding hydrogens is 322 g/mol. The number of hydrogen-bond donors (Lipinski definition) is 0. The Morgan fingerprint density at radius 1 is 1.28 bits per heavy atom. The lowest BCUT2D eigenvalue weighted by Gasteiger charge is -2.30. The number of furan rings is 1. The van der Waals surface area contributed by atoms with Crippen LogP contribution >= 0.6 is 0 Å². The molecule has 1 aliphatic rings. The van der Waals surface area contributed by atoms with Gasteiger partial charge in [-0.15, -0.1) is 0 Å². The van der Waals surface area contributed by atoms with E-state index in [2.05, 4.69) is 0 Å². The molecule has 0 aliphatic carbocycles. The number of hydrogen-bond acceptors (Lipinski definition) is 5. The van der Waals surface area contributed by atoms with Crippen LogP contribution < -0.4 is 0 Å². The van der Waals surface area contributed by atoms with Crippen molar-refractivity contribution in [2.45, 2.75) is 33.3 Å². The van der Waals surface area contributed by atoms with Crippen LogP contribution in [0.4, 0.5) is 0 Å². The molecule has 6 nitrogen and oxygen atoms in total. The van der Waals surface area contributed by atoms with Crippen LogP contribution in [0.1, 0.15) is 23.6 Å². The molecule has 1 aromatic heterocycles. The highest BCUT2D eigenvalue weighted by molar-refractivity contribution is 5.87. The third-order valence-corrected chi connectivity index (χ3v) is 4.56. The van der Waals surface area contributed by atoms with E-state index in [4.69, 9.17) is 13.9 Å². The molecule has 0 bridgehead atoms. The standard InChI is InChI=1S/C19H23NO5/c1-12-6-16-15(10-24-17(16)7-13(12)2)8-19(22)25-11-18(21)20-4-5-23-14(3)9-20/h6-7,10,14H,4-5,8-9,11H2,1-3H3. The average molecular weight is 345 g/mol. The SMILES string of the molecule is Cc1cc2occ(CC(=O)OCC(=O)N3CCOC(C)C3)c2cc1C. The zero-order chi connectivity index (χ0) is 18.0. The van der Waals surface area contributed by atoms with Crippen molar-refractivity contribution in [2.24, 2.45) is 0 Å². The molecule has 0 spiro atoms. The van der Waals surface area contributed by atoms with E-state index in [1.165, 1.54) is 0 Å². The van der Waals surface area contributed by atoms with Crippen LogP contribution in [0.2, 0.25) is 0 Å². The monoisotopic (exact) mass is 345 g/mol. The van der Waals surface area contributed by atoms with E-state index in [0.717, 1.165) is 27.7 Å². The average Bonchev–Trinajstić information content (AvgIpc) is 2.95. The molecule has 1 atom stereocenters. The van der Waals surface area contributed by atoms with E-state index in [9.17, 15) is 9.59 Å². The fourth-order valence-electron chi connectivity index (χ4n) is 2.96. The smallest absolute Gasteiger partial charge is 0.310 e. The van der Waals surface area contributed by atoms with Gasteiger partial charge in [-0.05, 0) is 44.0 Å². The Hall–Kier alpha value is -2.34. The summed E-state index contributed by atoms with van der Waals surface area (Å²) >= 11 is 0. The summed E-state index contributed by atoms with van der Waals surface area (Å²) in [5, 5.41) is 0.911. The summed E-state index contributed by atoms with van der Waals surface area (Å²) in [6.07, 6.45) is 1.68. The lowest BCUT2D eigenvalue weighted by Crippen LogP contribution is -2.46. The minimum absolute atomic E-state index is 0.0115. The Kier molecular flexibility index (Phi) is 5.08. The molecule has 25 heavy (non-hydrogen) atoms. The van der Waals surface area contributed by atoms with Gasteiger partial charge in [-0.3, -0.25) is 9.59 Å². The van der Waals surface area contributed by atoms with Crippen LogP contribution in [0.25, 0.3) is 11.0 Å². The molecular formula is C19H23NO5. The summed E-state index contributed by atoms with van der Waals surface area (Å²) in [7, 11) is 0. The predicted octanol–water partition coefficient (Wildman–Crippen LogP) is 2.38. The van der Waals surface area contributed by atoms with Crippen molar-refractivity contribution in [3.63, 3.8) is 0 Å². The van der Waals surface area contributed by atoms with Crippen LogP contribution in [-0.2, 0) is 25.5 Å². The minimum atomic E-state index is -0.435. The summed E-state index contributed by atoms with van der Waals surface area (Å²) in [6, 6.07) is 3.97. The summed E-state index contributed by atoms with van der Waals surface area (Å²) in [6.45, 7) is 7.29. The molecule has 1 fully saturated rings. The van der Waals surface area contributed by atoms with E-state index < -0.39 is 5.97 Å². The summed E-state index contributed by atoms with van der Waals surface area (Å²) in [4.78, 5) is 25.9. The maximum absolute atomic E-state index is 12.1. The number of rotatable bonds is 4. The molecule has 1 saturated heterocycles. The maximum Gasteiger partial charge on any atom is 0.310 e. The van der Waals surface area contributed by atoms with Crippen molar-refractivity contribution >= 4 is 22.8 Å². The van der Waals surface area contributed by atoms with Gasteiger partial charge in [-0.1, -0.05) is 0 Å². The maximum atomic E-state index is 12.1. The number of nitrogens with zero attached hydrogens (tertiary/aromatic N) is 1. The molecule has 0 saturated carbocycles. The van der Waals surface area contributed by atoms with Gasteiger partial charge in [0.15, 0.2) is 6.61 Å². The molecule has 0 radical (unpaired) electrons. The van der Waals surface area contributed by atoms with Gasteiger partial charge >= 0.3 is 5.97 Å². The summed E-state index contributed by atoms with van der Waals surface area (Å²) in [5.74, 6) is -0.623. The predicted molar refractivity (Wildman–Crippen MR) is 92.3 cm³/mol. The number of aryl methyl sites for hydroxylation is 2. The van der Waals surface area contributed by atoms with Crippen LogP contribution in [-0.4, -0.2) is 49.2 Å². The van der Waals surface area contributed by atoms with Gasteiger partial charge in [0.1, 0.15) is 5.58 Å². The van der Waals surface area contributed by atoms with Crippen molar-refractivity contribution in [2.75, 3.05) is 26.3 Å². The Morgan fingerprint density at radius 2 is 2.04 bits per heavy atom. The topological polar surface area (TPSA) is 69.0 Å². The first-order valence-corrected chi connectivity index (χ1v) is 8.46. The number of morpholine rings is 1. The Bertz CT molecular complexity index is 794. The number of amides is 1. The van der Waals surface area contributed by atoms with E-state index in [0.29, 0.717) is 19.7 Å². The molecule has 1 aromatic carbocycles. The molecule has 6 heteroatoms. The first-order chi connectivity index (χ1) is 11.9. The molecule has 134 valence electrons. The quantitative estimate of drug-likeness (QED) is 0.796. The Morgan fingerprint density at radius 3 is 2.80 bits per heavy atom. The Balaban J connectivity index is 1.58. The van der Waals surface area contributed by atoms with Gasteiger partial charge in [0.25, 0.3) is 5.91 Å². The zero-order valence-corrected chi connectivity index (χ0v) is 14.8. The van der Waals surface area contributed by atoms with Gasteiger partial charge in [0.05, 0.1) is 25.4 Å². The van der Waals surface area contributed by atoms with E-state index >= 15 is 0 Å². The third kappa shape index (κ3) is 4.02. The van der Waals surface area contributed by atoms with Crippen LogP contribution in [0, 0.1) is 13.8 Å². The number of ether oxygens (including phenoxy) is 2. The van der Waals surface area contributed by atoms with Crippen molar-refractivity contribution in [3.05, 3.63) is 35.1 Å². The summed E-state index contributed by atoms with van der Waals surface area (Å²) in [5.41, 5.74) is 3.81. The van der Waals surface area contributed by atoms with Crippen molar-refractivity contribution < 1.29 is 23.5 Å². The third-order valence-electron chi connectivity index (χ3n) is 4.56. The molecule has 0 N–H and O–H groups in total. The van der Waals surface area contributed by atoms with Crippen molar-refractivity contribution in [1.29, 1.82) is 0 Å². The highest BCUT2D eigenvalue weighted by Gasteiger charge is 2.22. The van der Waals surface area contributed by atoms with Crippen molar-refractivity contribution in [3.8, 4) is 0 Å². The molecule has 1 unspecified atom stereocenters. The first kappa shape index (κ1) is 17.5. The van der Waals surface area contributed by atoms with E-state index in [1.54, 1.807) is 11.2 Å². The van der Waals surface area contributed by atoms with Gasteiger partial charge in [0, 0.05) is 24.0 Å². The fourth-order valence-corrected chi connectivity index (χ4v) is 2.96. The van der Waals surface area contributed by atoms with E-state index in [-0.39, 0.29) is 25.0 Å². The highest BCUT2D eigenvalue weighted by atomic mass is 16.5. The molecule has 1 amide bonds. The number of carbonyl (C=O) groups excluding carboxylic acids is 2. The van der Waals surface area contributed by atoms with Gasteiger partial charge in [0.2, 0.25) is 0 Å². The highest BCUT2D eigenvalue weighted by Crippen LogP contribution is 2.25. The van der Waals surface area contributed by atoms with Crippen LogP contribution in [0.3, 0.4) is 0 Å². The van der Waals surface area contributed by atoms with Crippen LogP contribution in [0.15, 0.2) is 22.8 Å². The summed E-state index contributed by atoms with van der Waals surface area (Å²) < 4.78 is 16.1.